The quantitative estimate of drug-likeness (QED) is 0.877. The van der Waals surface area contributed by atoms with E-state index in [1.807, 2.05) is 12.1 Å². The van der Waals surface area contributed by atoms with Crippen molar-refractivity contribution in [2.45, 2.75) is 12.8 Å². The third-order valence-electron chi connectivity index (χ3n) is 3.19. The third kappa shape index (κ3) is 3.61. The molecule has 3 nitrogen and oxygen atoms in total. The molecule has 17 heavy (non-hydrogen) atoms. The zero-order valence-corrected chi connectivity index (χ0v) is 11.7. The average Bonchev–Trinajstić information content (AvgIpc) is 2.82. The van der Waals surface area contributed by atoms with E-state index >= 15 is 0 Å². The number of rotatable bonds is 5. The van der Waals surface area contributed by atoms with E-state index in [9.17, 15) is 0 Å². The summed E-state index contributed by atoms with van der Waals surface area (Å²) >= 11 is 3.48. The lowest BCUT2D eigenvalue weighted by atomic mass is 10.1. The molecule has 1 fully saturated rings. The summed E-state index contributed by atoms with van der Waals surface area (Å²) in [4.78, 5) is 0. The van der Waals surface area contributed by atoms with Gasteiger partial charge in [0, 0.05) is 11.0 Å². The van der Waals surface area contributed by atoms with Gasteiger partial charge in [-0.1, -0.05) is 15.9 Å². The number of benzene rings is 1. The zero-order valence-electron chi connectivity index (χ0n) is 10.1. The highest BCUT2D eigenvalue weighted by molar-refractivity contribution is 9.10. The molecule has 1 aromatic carbocycles. The molecule has 0 aromatic heterocycles. The summed E-state index contributed by atoms with van der Waals surface area (Å²) < 4.78 is 6.40. The van der Waals surface area contributed by atoms with Gasteiger partial charge in [-0.2, -0.15) is 0 Å². The second-order valence-corrected chi connectivity index (χ2v) is 5.33. The molecule has 0 amide bonds. The van der Waals surface area contributed by atoms with Crippen LogP contribution in [0.15, 0.2) is 22.7 Å². The summed E-state index contributed by atoms with van der Waals surface area (Å²) in [7, 11) is 1.70. The highest BCUT2D eigenvalue weighted by Gasteiger charge is 2.13. The van der Waals surface area contributed by atoms with Crippen LogP contribution in [0, 0.1) is 5.92 Å². The molecule has 1 unspecified atom stereocenters. The molecule has 1 heterocycles. The van der Waals surface area contributed by atoms with E-state index in [0.717, 1.165) is 34.9 Å². The van der Waals surface area contributed by atoms with Gasteiger partial charge >= 0.3 is 0 Å². The fraction of sp³-hybridized carbons (Fsp3) is 0.538. The molecule has 1 saturated heterocycles. The monoisotopic (exact) mass is 298 g/mol. The minimum atomic E-state index is 0.820. The second kappa shape index (κ2) is 6.26. The molecule has 0 saturated carbocycles. The lowest BCUT2D eigenvalue weighted by molar-refractivity contribution is 0.416. The van der Waals surface area contributed by atoms with E-state index < -0.39 is 0 Å². The Labute approximate surface area is 111 Å². The maximum Gasteiger partial charge on any atom is 0.142 e. The smallest absolute Gasteiger partial charge is 0.142 e. The summed E-state index contributed by atoms with van der Waals surface area (Å²) in [5, 5.41) is 6.84. The first-order valence-corrected chi connectivity index (χ1v) is 6.87. The summed E-state index contributed by atoms with van der Waals surface area (Å²) in [6.45, 7) is 3.33. The van der Waals surface area contributed by atoms with E-state index in [0.29, 0.717) is 0 Å². The Bertz CT molecular complexity index is 364. The molecule has 1 aliphatic rings. The van der Waals surface area contributed by atoms with Crippen molar-refractivity contribution in [3.05, 3.63) is 22.7 Å². The van der Waals surface area contributed by atoms with Crippen molar-refractivity contribution < 1.29 is 4.74 Å². The van der Waals surface area contributed by atoms with Gasteiger partial charge in [0.2, 0.25) is 0 Å². The van der Waals surface area contributed by atoms with Crippen molar-refractivity contribution in [2.75, 3.05) is 32.1 Å². The first-order chi connectivity index (χ1) is 8.29. The standard InChI is InChI=1S/C13H19BrN2O/c1-17-13-3-2-11(14)8-12(13)16-7-5-10-4-6-15-9-10/h2-3,8,10,15-16H,4-7,9H2,1H3. The van der Waals surface area contributed by atoms with E-state index in [4.69, 9.17) is 4.74 Å². The van der Waals surface area contributed by atoms with E-state index in [2.05, 4.69) is 32.6 Å². The van der Waals surface area contributed by atoms with Gasteiger partial charge in [-0.15, -0.1) is 0 Å². The van der Waals surface area contributed by atoms with Crippen molar-refractivity contribution in [3.8, 4) is 5.75 Å². The maximum atomic E-state index is 5.33. The van der Waals surface area contributed by atoms with Crippen molar-refractivity contribution in [1.29, 1.82) is 0 Å². The van der Waals surface area contributed by atoms with Crippen LogP contribution in [-0.2, 0) is 0 Å². The van der Waals surface area contributed by atoms with Gasteiger partial charge in [0.25, 0.3) is 0 Å². The fourth-order valence-electron chi connectivity index (χ4n) is 2.19. The van der Waals surface area contributed by atoms with Crippen molar-refractivity contribution in [1.82, 2.24) is 5.32 Å². The SMILES string of the molecule is COc1ccc(Br)cc1NCCC1CCNC1. The highest BCUT2D eigenvalue weighted by Crippen LogP contribution is 2.28. The average molecular weight is 299 g/mol. The van der Waals surface area contributed by atoms with E-state index in [1.165, 1.54) is 19.4 Å². The molecule has 0 radical (unpaired) electrons. The Kier molecular flexibility index (Phi) is 4.68. The number of anilines is 1. The van der Waals surface area contributed by atoms with Gasteiger partial charge in [-0.05, 0) is 50.0 Å². The van der Waals surface area contributed by atoms with Crippen LogP contribution in [0.1, 0.15) is 12.8 Å². The minimum absolute atomic E-state index is 0.820. The van der Waals surface area contributed by atoms with Crippen LogP contribution in [-0.4, -0.2) is 26.7 Å². The second-order valence-electron chi connectivity index (χ2n) is 4.42. The van der Waals surface area contributed by atoms with E-state index in [-0.39, 0.29) is 0 Å². The summed E-state index contributed by atoms with van der Waals surface area (Å²) in [5.41, 5.74) is 1.06. The van der Waals surface area contributed by atoms with Crippen LogP contribution < -0.4 is 15.4 Å². The summed E-state index contributed by atoms with van der Waals surface area (Å²) in [5.74, 6) is 1.72. The molecule has 2 rings (SSSR count). The van der Waals surface area contributed by atoms with Crippen LogP contribution in [0.25, 0.3) is 0 Å². The molecule has 1 aliphatic heterocycles. The van der Waals surface area contributed by atoms with Gasteiger partial charge in [-0.3, -0.25) is 0 Å². The van der Waals surface area contributed by atoms with Crippen LogP contribution in [0.2, 0.25) is 0 Å². The predicted molar refractivity (Wildman–Crippen MR) is 74.8 cm³/mol. The molecule has 94 valence electrons. The summed E-state index contributed by atoms with van der Waals surface area (Å²) in [6.07, 6.45) is 2.51. The van der Waals surface area contributed by atoms with Gasteiger partial charge in [0.1, 0.15) is 5.75 Å². The zero-order chi connectivity index (χ0) is 12.1. The molecule has 0 spiro atoms. The lowest BCUT2D eigenvalue weighted by Crippen LogP contribution is -2.13. The van der Waals surface area contributed by atoms with Crippen LogP contribution >= 0.6 is 15.9 Å². The number of nitrogens with one attached hydrogen (secondary N) is 2. The van der Waals surface area contributed by atoms with Crippen LogP contribution in [0.3, 0.4) is 0 Å². The Morgan fingerprint density at radius 1 is 1.53 bits per heavy atom. The maximum absolute atomic E-state index is 5.33. The predicted octanol–water partition coefficient (Wildman–Crippen LogP) is 2.87. The van der Waals surface area contributed by atoms with Crippen molar-refractivity contribution >= 4 is 21.6 Å². The number of ether oxygens (including phenoxy) is 1. The topological polar surface area (TPSA) is 33.3 Å². The van der Waals surface area contributed by atoms with Crippen LogP contribution in [0.4, 0.5) is 5.69 Å². The molecule has 0 aliphatic carbocycles. The molecule has 4 heteroatoms. The third-order valence-corrected chi connectivity index (χ3v) is 3.69. The fourth-order valence-corrected chi connectivity index (χ4v) is 2.55. The molecule has 0 bridgehead atoms. The number of hydrogen-bond donors (Lipinski definition) is 2. The number of halogens is 1. The number of methoxy groups -OCH3 is 1. The first kappa shape index (κ1) is 12.7. The van der Waals surface area contributed by atoms with Crippen molar-refractivity contribution in [2.24, 2.45) is 5.92 Å². The Balaban J connectivity index is 1.86. The van der Waals surface area contributed by atoms with E-state index in [1.54, 1.807) is 7.11 Å². The van der Waals surface area contributed by atoms with Gasteiger partial charge < -0.3 is 15.4 Å². The van der Waals surface area contributed by atoms with Gasteiger partial charge in [0.15, 0.2) is 0 Å². The van der Waals surface area contributed by atoms with Gasteiger partial charge in [0.05, 0.1) is 12.8 Å². The largest absolute Gasteiger partial charge is 0.495 e. The Morgan fingerprint density at radius 3 is 3.12 bits per heavy atom. The first-order valence-electron chi connectivity index (χ1n) is 6.07. The van der Waals surface area contributed by atoms with Crippen LogP contribution in [0.5, 0.6) is 5.75 Å². The molecular weight excluding hydrogens is 280 g/mol. The minimum Gasteiger partial charge on any atom is -0.495 e. The highest BCUT2D eigenvalue weighted by atomic mass is 79.9. The summed E-state index contributed by atoms with van der Waals surface area (Å²) in [6, 6.07) is 6.03. The number of hydrogen-bond acceptors (Lipinski definition) is 3. The lowest BCUT2D eigenvalue weighted by Gasteiger charge is -2.13. The molecular formula is C13H19BrN2O. The van der Waals surface area contributed by atoms with Crippen molar-refractivity contribution in [3.63, 3.8) is 0 Å². The molecule has 1 atom stereocenters. The molecule has 1 aromatic rings. The normalized spacial score (nSPS) is 19.3. The Morgan fingerprint density at radius 2 is 2.41 bits per heavy atom. The van der Waals surface area contributed by atoms with Gasteiger partial charge in [-0.25, -0.2) is 0 Å². The Hall–Kier alpha value is -0.740. The molecule has 2 N–H and O–H groups in total.